The van der Waals surface area contributed by atoms with E-state index in [9.17, 15) is 9.59 Å². The third-order valence-corrected chi connectivity index (χ3v) is 4.71. The van der Waals surface area contributed by atoms with Gasteiger partial charge in [0.15, 0.2) is 0 Å². The van der Waals surface area contributed by atoms with Gasteiger partial charge in [0.05, 0.1) is 5.92 Å². The second kappa shape index (κ2) is 7.00. The summed E-state index contributed by atoms with van der Waals surface area (Å²) in [6.45, 7) is 1.36. The standard InChI is InChI=1S/C20H20N4O2/c25-19-13-18(22-17-10-4-5-12-24(17)19)23-11-6-7-15(14-23)20(26)21-16-8-2-1-3-9-16/h1-5,8-10,12-13,15H,6-7,11,14H2,(H,21,26)/t15-/m1/s1. The van der Waals surface area contributed by atoms with Crippen molar-refractivity contribution in [3.05, 3.63) is 71.1 Å². The van der Waals surface area contributed by atoms with Crippen LogP contribution in [0, 0.1) is 5.92 Å². The highest BCUT2D eigenvalue weighted by atomic mass is 16.2. The van der Waals surface area contributed by atoms with Gasteiger partial charge in [0.25, 0.3) is 5.56 Å². The van der Waals surface area contributed by atoms with Crippen LogP contribution in [0.5, 0.6) is 0 Å². The summed E-state index contributed by atoms with van der Waals surface area (Å²) >= 11 is 0. The lowest BCUT2D eigenvalue weighted by Gasteiger charge is -2.32. The Morgan fingerprint density at radius 2 is 1.92 bits per heavy atom. The Kier molecular flexibility index (Phi) is 4.39. The molecule has 6 heteroatoms. The number of para-hydroxylation sites is 1. The van der Waals surface area contributed by atoms with Crippen LogP contribution >= 0.6 is 0 Å². The fourth-order valence-corrected chi connectivity index (χ4v) is 3.37. The average molecular weight is 348 g/mol. The number of nitrogens with one attached hydrogen (secondary N) is 1. The smallest absolute Gasteiger partial charge is 0.259 e. The third kappa shape index (κ3) is 3.31. The molecule has 1 amide bonds. The number of hydrogen-bond acceptors (Lipinski definition) is 4. The molecule has 1 fully saturated rings. The number of anilines is 2. The van der Waals surface area contributed by atoms with Crippen LogP contribution in [0.25, 0.3) is 5.65 Å². The predicted molar refractivity (Wildman–Crippen MR) is 101 cm³/mol. The van der Waals surface area contributed by atoms with Crippen molar-refractivity contribution >= 4 is 23.1 Å². The normalized spacial score (nSPS) is 17.2. The van der Waals surface area contributed by atoms with Crippen LogP contribution in [0.2, 0.25) is 0 Å². The number of carbonyl (C=O) groups is 1. The van der Waals surface area contributed by atoms with E-state index in [1.165, 1.54) is 4.40 Å². The Morgan fingerprint density at radius 1 is 1.12 bits per heavy atom. The van der Waals surface area contributed by atoms with Crippen LogP contribution in [0.4, 0.5) is 11.5 Å². The summed E-state index contributed by atoms with van der Waals surface area (Å²) in [7, 11) is 0. The first kappa shape index (κ1) is 16.3. The predicted octanol–water partition coefficient (Wildman–Crippen LogP) is 2.55. The number of rotatable bonds is 3. The summed E-state index contributed by atoms with van der Waals surface area (Å²) in [5, 5.41) is 2.97. The second-order valence-corrected chi connectivity index (χ2v) is 6.52. The van der Waals surface area contributed by atoms with Gasteiger partial charge in [-0.05, 0) is 37.1 Å². The Labute approximate surface area is 151 Å². The highest BCUT2D eigenvalue weighted by molar-refractivity contribution is 5.93. The van der Waals surface area contributed by atoms with Crippen molar-refractivity contribution in [1.29, 1.82) is 0 Å². The summed E-state index contributed by atoms with van der Waals surface area (Å²) in [6, 6.07) is 16.5. The summed E-state index contributed by atoms with van der Waals surface area (Å²) in [4.78, 5) is 31.5. The Morgan fingerprint density at radius 3 is 2.77 bits per heavy atom. The highest BCUT2D eigenvalue weighted by Gasteiger charge is 2.27. The lowest BCUT2D eigenvalue weighted by molar-refractivity contribution is -0.120. The zero-order valence-corrected chi connectivity index (χ0v) is 14.3. The molecule has 0 radical (unpaired) electrons. The SMILES string of the molecule is O=C(Nc1ccccc1)[C@@H]1CCCN(c2cc(=O)n3ccccc3n2)C1. The summed E-state index contributed by atoms with van der Waals surface area (Å²) in [6.07, 6.45) is 3.44. The van der Waals surface area contributed by atoms with E-state index in [2.05, 4.69) is 10.3 Å². The minimum atomic E-state index is -0.125. The number of amides is 1. The Balaban J connectivity index is 1.53. The molecule has 3 aromatic rings. The topological polar surface area (TPSA) is 66.7 Å². The van der Waals surface area contributed by atoms with Crippen LogP contribution in [0.15, 0.2) is 65.6 Å². The summed E-state index contributed by atoms with van der Waals surface area (Å²) < 4.78 is 1.52. The van der Waals surface area contributed by atoms with Gasteiger partial charge < -0.3 is 10.2 Å². The lowest BCUT2D eigenvalue weighted by atomic mass is 9.97. The quantitative estimate of drug-likeness (QED) is 0.790. The van der Waals surface area contributed by atoms with Crippen molar-refractivity contribution in [2.75, 3.05) is 23.3 Å². The Hall–Kier alpha value is -3.15. The fourth-order valence-electron chi connectivity index (χ4n) is 3.37. The molecule has 1 aromatic carbocycles. The van der Waals surface area contributed by atoms with E-state index in [0.29, 0.717) is 18.0 Å². The molecule has 0 saturated carbocycles. The lowest BCUT2D eigenvalue weighted by Crippen LogP contribution is -2.41. The van der Waals surface area contributed by atoms with E-state index in [1.54, 1.807) is 18.3 Å². The average Bonchev–Trinajstić information content (AvgIpc) is 2.69. The van der Waals surface area contributed by atoms with Crippen molar-refractivity contribution in [2.45, 2.75) is 12.8 Å². The van der Waals surface area contributed by atoms with Gasteiger partial charge in [0, 0.05) is 31.0 Å². The molecule has 26 heavy (non-hydrogen) atoms. The molecule has 6 nitrogen and oxygen atoms in total. The maximum atomic E-state index is 12.6. The number of aromatic nitrogens is 2. The number of hydrogen-bond donors (Lipinski definition) is 1. The minimum absolute atomic E-state index is 0.0124. The van der Waals surface area contributed by atoms with Gasteiger partial charge in [-0.3, -0.25) is 14.0 Å². The molecule has 0 unspecified atom stereocenters. The molecule has 0 bridgehead atoms. The molecule has 1 atom stereocenters. The van der Waals surface area contributed by atoms with E-state index in [4.69, 9.17) is 0 Å². The van der Waals surface area contributed by atoms with Gasteiger partial charge >= 0.3 is 0 Å². The number of fused-ring (bicyclic) bond motifs is 1. The fraction of sp³-hybridized carbons (Fsp3) is 0.250. The van der Waals surface area contributed by atoms with Crippen LogP contribution < -0.4 is 15.8 Å². The molecular weight excluding hydrogens is 328 g/mol. The molecule has 1 aliphatic rings. The maximum Gasteiger partial charge on any atom is 0.259 e. The first-order valence-corrected chi connectivity index (χ1v) is 8.80. The number of carbonyl (C=O) groups excluding carboxylic acids is 1. The van der Waals surface area contributed by atoms with Crippen LogP contribution in [-0.4, -0.2) is 28.4 Å². The van der Waals surface area contributed by atoms with E-state index in [-0.39, 0.29) is 17.4 Å². The molecule has 4 rings (SSSR count). The van der Waals surface area contributed by atoms with Crippen LogP contribution in [0.3, 0.4) is 0 Å². The van der Waals surface area contributed by atoms with Crippen molar-refractivity contribution in [3.63, 3.8) is 0 Å². The molecule has 1 aliphatic heterocycles. The van der Waals surface area contributed by atoms with E-state index < -0.39 is 0 Å². The van der Waals surface area contributed by atoms with Gasteiger partial charge in [-0.2, -0.15) is 0 Å². The second-order valence-electron chi connectivity index (χ2n) is 6.52. The van der Waals surface area contributed by atoms with Gasteiger partial charge in [-0.25, -0.2) is 4.98 Å². The molecule has 1 saturated heterocycles. The Bertz CT molecular complexity index is 984. The van der Waals surface area contributed by atoms with Crippen molar-refractivity contribution in [3.8, 4) is 0 Å². The van der Waals surface area contributed by atoms with E-state index in [1.807, 2.05) is 47.4 Å². The molecular formula is C20H20N4O2. The third-order valence-electron chi connectivity index (χ3n) is 4.71. The van der Waals surface area contributed by atoms with E-state index in [0.717, 1.165) is 25.1 Å². The first-order valence-electron chi connectivity index (χ1n) is 8.80. The molecule has 1 N–H and O–H groups in total. The van der Waals surface area contributed by atoms with Crippen molar-refractivity contribution in [1.82, 2.24) is 9.38 Å². The van der Waals surface area contributed by atoms with Gasteiger partial charge in [0.1, 0.15) is 11.5 Å². The largest absolute Gasteiger partial charge is 0.356 e. The molecule has 3 heterocycles. The molecule has 2 aromatic heterocycles. The van der Waals surface area contributed by atoms with E-state index >= 15 is 0 Å². The van der Waals surface area contributed by atoms with Crippen LogP contribution in [0.1, 0.15) is 12.8 Å². The van der Waals surface area contributed by atoms with Gasteiger partial charge in [-0.15, -0.1) is 0 Å². The van der Waals surface area contributed by atoms with Crippen LogP contribution in [-0.2, 0) is 4.79 Å². The number of pyridine rings is 1. The van der Waals surface area contributed by atoms with Crippen molar-refractivity contribution in [2.24, 2.45) is 5.92 Å². The molecule has 0 spiro atoms. The molecule has 132 valence electrons. The number of benzene rings is 1. The highest BCUT2D eigenvalue weighted by Crippen LogP contribution is 2.22. The van der Waals surface area contributed by atoms with Gasteiger partial charge in [-0.1, -0.05) is 24.3 Å². The minimum Gasteiger partial charge on any atom is -0.356 e. The van der Waals surface area contributed by atoms with Gasteiger partial charge in [0.2, 0.25) is 5.91 Å². The number of nitrogens with zero attached hydrogens (tertiary/aromatic N) is 3. The number of piperidine rings is 1. The zero-order valence-electron chi connectivity index (χ0n) is 14.3. The molecule has 0 aliphatic carbocycles. The van der Waals surface area contributed by atoms with Crippen molar-refractivity contribution < 1.29 is 4.79 Å². The maximum absolute atomic E-state index is 12.6. The summed E-state index contributed by atoms with van der Waals surface area (Å²) in [5.74, 6) is 0.525. The zero-order chi connectivity index (χ0) is 17.9. The summed E-state index contributed by atoms with van der Waals surface area (Å²) in [5.41, 5.74) is 1.31. The monoisotopic (exact) mass is 348 g/mol. The first-order chi connectivity index (χ1) is 12.7.